The van der Waals surface area contributed by atoms with Gasteiger partial charge in [-0.2, -0.15) is 0 Å². The van der Waals surface area contributed by atoms with Crippen molar-refractivity contribution >= 4 is 17.7 Å². The van der Waals surface area contributed by atoms with Crippen LogP contribution in [0.25, 0.3) is 0 Å². The number of ketones is 1. The van der Waals surface area contributed by atoms with Crippen LogP contribution < -0.4 is 0 Å². The first kappa shape index (κ1) is 12.6. The van der Waals surface area contributed by atoms with Gasteiger partial charge in [-0.1, -0.05) is 20.8 Å². The molecule has 0 aromatic rings. The fourth-order valence-electron chi connectivity index (χ4n) is 3.67. The van der Waals surface area contributed by atoms with Gasteiger partial charge in [-0.05, 0) is 18.3 Å². The first-order valence-electron chi connectivity index (χ1n) is 6.73. The second kappa shape index (κ2) is 3.58. The van der Waals surface area contributed by atoms with E-state index < -0.39 is 28.9 Å². The molecule has 3 aliphatic rings. The summed E-state index contributed by atoms with van der Waals surface area (Å²) in [6, 6.07) is 0. The molecule has 1 saturated heterocycles. The highest BCUT2D eigenvalue weighted by atomic mass is 16.6. The Kier molecular flexibility index (Phi) is 2.38. The van der Waals surface area contributed by atoms with Gasteiger partial charge < -0.3 is 9.47 Å². The summed E-state index contributed by atoms with van der Waals surface area (Å²) in [5, 5.41) is 0. The lowest BCUT2D eigenvalue weighted by Gasteiger charge is -2.23. The largest absolute Gasteiger partial charge is 0.462 e. The van der Waals surface area contributed by atoms with E-state index in [-0.39, 0.29) is 24.2 Å². The normalized spacial score (nSPS) is 42.8. The highest BCUT2D eigenvalue weighted by Gasteiger charge is 2.75. The van der Waals surface area contributed by atoms with Gasteiger partial charge in [0.25, 0.3) is 0 Å². The van der Waals surface area contributed by atoms with Crippen LogP contribution in [-0.2, 0) is 23.9 Å². The summed E-state index contributed by atoms with van der Waals surface area (Å²) < 4.78 is 10.3. The van der Waals surface area contributed by atoms with Gasteiger partial charge in [-0.3, -0.25) is 9.59 Å². The van der Waals surface area contributed by atoms with Crippen LogP contribution >= 0.6 is 0 Å². The Morgan fingerprint density at radius 1 is 1.37 bits per heavy atom. The first-order valence-corrected chi connectivity index (χ1v) is 6.73. The van der Waals surface area contributed by atoms with Gasteiger partial charge in [0.1, 0.15) is 12.0 Å². The van der Waals surface area contributed by atoms with Crippen molar-refractivity contribution < 1.29 is 23.9 Å². The monoisotopic (exact) mass is 266 g/mol. The lowest BCUT2D eigenvalue weighted by Crippen LogP contribution is -2.39. The fraction of sp³-hybridized carbons (Fsp3) is 0.786. The van der Waals surface area contributed by atoms with Gasteiger partial charge in [0.2, 0.25) is 6.10 Å². The van der Waals surface area contributed by atoms with Gasteiger partial charge in [0.15, 0.2) is 5.78 Å². The zero-order chi connectivity index (χ0) is 14.0. The standard InChI is InChI=1S/C14H18O5/c1-7-8-4-5-9(15)14(7,8)12(17)19-10-11(16)18-6-13(10,2)3/h7-8,10H,4-6H2,1-3H3/t7-,8-,10-,14-/m0/s1. The molecule has 2 saturated carbocycles. The van der Waals surface area contributed by atoms with Crippen molar-refractivity contribution in [2.24, 2.45) is 22.7 Å². The number of carbonyl (C=O) groups excluding carboxylic acids is 3. The minimum absolute atomic E-state index is 0.0285. The van der Waals surface area contributed by atoms with Gasteiger partial charge in [-0.25, -0.2) is 4.79 Å². The number of rotatable bonds is 2. The Hall–Kier alpha value is -1.39. The van der Waals surface area contributed by atoms with E-state index in [0.29, 0.717) is 6.42 Å². The number of hydrogen-bond acceptors (Lipinski definition) is 5. The summed E-state index contributed by atoms with van der Waals surface area (Å²) in [4.78, 5) is 36.0. The molecule has 5 heteroatoms. The van der Waals surface area contributed by atoms with Crippen LogP contribution in [0.15, 0.2) is 0 Å². The van der Waals surface area contributed by atoms with E-state index in [0.717, 1.165) is 6.42 Å². The third-order valence-corrected chi connectivity index (χ3v) is 5.01. The molecule has 1 heterocycles. The van der Waals surface area contributed by atoms with Gasteiger partial charge in [0.05, 0.1) is 0 Å². The van der Waals surface area contributed by atoms with E-state index in [1.807, 2.05) is 20.8 Å². The second-order valence-electron chi connectivity index (χ2n) is 6.61. The number of fused-ring (bicyclic) bond motifs is 1. The van der Waals surface area contributed by atoms with Gasteiger partial charge in [0, 0.05) is 11.8 Å². The molecular weight excluding hydrogens is 248 g/mol. The van der Waals surface area contributed by atoms with Crippen LogP contribution in [-0.4, -0.2) is 30.4 Å². The topological polar surface area (TPSA) is 69.7 Å². The first-order chi connectivity index (χ1) is 8.81. The van der Waals surface area contributed by atoms with Crippen molar-refractivity contribution in [1.82, 2.24) is 0 Å². The maximum atomic E-state index is 12.4. The predicted octanol–water partition coefficient (Wildman–Crippen LogP) is 1.10. The number of ether oxygens (including phenoxy) is 2. The maximum Gasteiger partial charge on any atom is 0.348 e. The summed E-state index contributed by atoms with van der Waals surface area (Å²) in [6.07, 6.45) is 0.312. The van der Waals surface area contributed by atoms with Gasteiger partial charge >= 0.3 is 11.9 Å². The Morgan fingerprint density at radius 2 is 2.05 bits per heavy atom. The number of Topliss-reactive ketones (excluding diaryl/α,β-unsaturated/α-hetero) is 1. The van der Waals surface area contributed by atoms with Crippen LogP contribution in [0.3, 0.4) is 0 Å². The smallest absolute Gasteiger partial charge is 0.348 e. The van der Waals surface area contributed by atoms with Crippen molar-refractivity contribution in [3.8, 4) is 0 Å². The minimum atomic E-state index is -0.959. The van der Waals surface area contributed by atoms with Crippen molar-refractivity contribution in [1.29, 1.82) is 0 Å². The number of carbonyl (C=O) groups is 3. The molecule has 104 valence electrons. The van der Waals surface area contributed by atoms with Crippen LogP contribution in [0.1, 0.15) is 33.6 Å². The summed E-state index contributed by atoms with van der Waals surface area (Å²) in [6.45, 7) is 5.78. The minimum Gasteiger partial charge on any atom is -0.462 e. The average molecular weight is 266 g/mol. The molecule has 0 spiro atoms. The number of cyclic esters (lactones) is 1. The lowest BCUT2D eigenvalue weighted by atomic mass is 9.89. The van der Waals surface area contributed by atoms with Crippen LogP contribution in [0.4, 0.5) is 0 Å². The van der Waals surface area contributed by atoms with Crippen LogP contribution in [0, 0.1) is 22.7 Å². The molecule has 0 N–H and O–H groups in total. The van der Waals surface area contributed by atoms with E-state index >= 15 is 0 Å². The highest BCUT2D eigenvalue weighted by molar-refractivity contribution is 6.10. The van der Waals surface area contributed by atoms with E-state index in [4.69, 9.17) is 9.47 Å². The molecule has 5 nitrogen and oxygen atoms in total. The third-order valence-electron chi connectivity index (χ3n) is 5.01. The van der Waals surface area contributed by atoms with E-state index in [2.05, 4.69) is 0 Å². The molecule has 0 amide bonds. The SMILES string of the molecule is C[C@H]1[C@@H]2CCC(=O)[C@]12C(=O)O[C@H]1C(=O)OCC1(C)C. The van der Waals surface area contributed by atoms with Crippen molar-refractivity contribution in [2.75, 3.05) is 6.61 Å². The second-order valence-corrected chi connectivity index (χ2v) is 6.61. The van der Waals surface area contributed by atoms with Crippen molar-refractivity contribution in [2.45, 2.75) is 39.7 Å². The number of esters is 2. The highest BCUT2D eigenvalue weighted by Crippen LogP contribution is 2.67. The zero-order valence-corrected chi connectivity index (χ0v) is 11.4. The molecule has 3 rings (SSSR count). The zero-order valence-electron chi connectivity index (χ0n) is 11.4. The Balaban J connectivity index is 1.80. The van der Waals surface area contributed by atoms with Crippen molar-refractivity contribution in [3.05, 3.63) is 0 Å². The quantitative estimate of drug-likeness (QED) is 0.553. The Morgan fingerprint density at radius 3 is 2.53 bits per heavy atom. The predicted molar refractivity (Wildman–Crippen MR) is 63.9 cm³/mol. The van der Waals surface area contributed by atoms with Crippen LogP contribution in [0.5, 0.6) is 0 Å². The maximum absolute atomic E-state index is 12.4. The molecule has 3 fully saturated rings. The van der Waals surface area contributed by atoms with Gasteiger partial charge in [-0.15, -0.1) is 0 Å². The fourth-order valence-corrected chi connectivity index (χ4v) is 3.67. The lowest BCUT2D eigenvalue weighted by molar-refractivity contribution is -0.169. The van der Waals surface area contributed by atoms with E-state index in [1.165, 1.54) is 0 Å². The molecule has 2 aliphatic carbocycles. The molecule has 0 unspecified atom stereocenters. The Bertz CT molecular complexity index is 480. The summed E-state index contributed by atoms with van der Waals surface area (Å²) >= 11 is 0. The van der Waals surface area contributed by atoms with E-state index in [1.54, 1.807) is 0 Å². The Labute approximate surface area is 111 Å². The molecule has 0 radical (unpaired) electrons. The molecular formula is C14H18O5. The number of hydrogen-bond donors (Lipinski definition) is 0. The van der Waals surface area contributed by atoms with Crippen molar-refractivity contribution in [3.63, 3.8) is 0 Å². The summed E-state index contributed by atoms with van der Waals surface area (Å²) in [7, 11) is 0. The molecule has 0 bridgehead atoms. The molecule has 0 aromatic heterocycles. The average Bonchev–Trinajstić information content (AvgIpc) is 2.62. The summed E-state index contributed by atoms with van der Waals surface area (Å²) in [5.41, 5.74) is -1.49. The molecule has 0 aromatic carbocycles. The third kappa shape index (κ3) is 1.44. The molecule has 4 atom stereocenters. The molecule has 19 heavy (non-hydrogen) atoms. The summed E-state index contributed by atoms with van der Waals surface area (Å²) in [5.74, 6) is -0.913. The van der Waals surface area contributed by atoms with Crippen LogP contribution in [0.2, 0.25) is 0 Å². The molecule has 1 aliphatic heterocycles. The van der Waals surface area contributed by atoms with E-state index in [9.17, 15) is 14.4 Å².